The van der Waals surface area contributed by atoms with Crippen LogP contribution in [0.5, 0.6) is 0 Å². The smallest absolute Gasteiger partial charge is 0.0549 e. The second-order valence-corrected chi connectivity index (χ2v) is 4.37. The van der Waals surface area contributed by atoms with E-state index < -0.39 is 0 Å². The normalized spacial score (nSPS) is 9.67. The summed E-state index contributed by atoms with van der Waals surface area (Å²) in [4.78, 5) is 0. The fraction of sp³-hybridized carbons (Fsp3) is 0. The Morgan fingerprint density at radius 2 is 1.89 bits per heavy atom. The van der Waals surface area contributed by atoms with E-state index in [2.05, 4.69) is 45.2 Å². The highest BCUT2D eigenvalue weighted by atomic mass is 127. The molecule has 0 N–H and O–H groups in total. The van der Waals surface area contributed by atoms with Crippen LogP contribution in [0, 0.1) is 7.14 Å². The molecule has 0 radical (unpaired) electrons. The van der Waals surface area contributed by atoms with Crippen LogP contribution in [-0.2, 0) is 0 Å². The highest BCUT2D eigenvalue weighted by molar-refractivity contribution is 14.1. The van der Waals surface area contributed by atoms with Crippen molar-refractivity contribution in [2.75, 3.05) is 0 Å². The van der Waals surface area contributed by atoms with E-state index in [9.17, 15) is 0 Å². The van der Waals surface area contributed by atoms with Crippen LogP contribution < -0.4 is 0 Å². The van der Waals surface area contributed by atoms with Crippen LogP contribution >= 0.6 is 56.8 Å². The molecular formula is C6H3ClI2. The van der Waals surface area contributed by atoms with E-state index in [4.69, 9.17) is 11.6 Å². The first-order chi connectivity index (χ1) is 4.20. The van der Waals surface area contributed by atoms with E-state index in [-0.39, 0.29) is 0 Å². The lowest BCUT2D eigenvalue weighted by atomic mass is 10.4. The van der Waals surface area contributed by atoms with Crippen LogP contribution in [-0.4, -0.2) is 0 Å². The third-order valence-electron chi connectivity index (χ3n) is 0.882. The minimum Gasteiger partial charge on any atom is -0.0831 e. The van der Waals surface area contributed by atoms with Crippen molar-refractivity contribution in [3.05, 3.63) is 30.4 Å². The van der Waals surface area contributed by atoms with Gasteiger partial charge in [-0.05, 0) is 63.4 Å². The molecule has 0 aromatic heterocycles. The Balaban J connectivity index is 3.17. The minimum atomic E-state index is 0.836. The molecule has 0 unspecified atom stereocenters. The van der Waals surface area contributed by atoms with Crippen LogP contribution in [0.25, 0.3) is 0 Å². The molecule has 0 saturated carbocycles. The van der Waals surface area contributed by atoms with Gasteiger partial charge in [-0.25, -0.2) is 0 Å². The molecule has 0 atom stereocenters. The van der Waals surface area contributed by atoms with Gasteiger partial charge in [-0.15, -0.1) is 0 Å². The third-order valence-corrected chi connectivity index (χ3v) is 3.12. The van der Waals surface area contributed by atoms with Gasteiger partial charge in [-0.2, -0.15) is 0 Å². The van der Waals surface area contributed by atoms with Gasteiger partial charge in [0.2, 0.25) is 0 Å². The second-order valence-electron chi connectivity index (χ2n) is 1.56. The Labute approximate surface area is 86.3 Å². The van der Waals surface area contributed by atoms with Crippen molar-refractivity contribution in [1.82, 2.24) is 0 Å². The fourth-order valence-corrected chi connectivity index (χ4v) is 1.66. The van der Waals surface area contributed by atoms with Crippen molar-refractivity contribution in [1.29, 1.82) is 0 Å². The van der Waals surface area contributed by atoms with Crippen LogP contribution in [0.2, 0.25) is 5.02 Å². The molecule has 0 bridgehead atoms. The topological polar surface area (TPSA) is 0 Å². The first-order valence-corrected chi connectivity index (χ1v) is 4.84. The molecule has 1 aromatic rings. The average Bonchev–Trinajstić information content (AvgIpc) is 1.80. The number of rotatable bonds is 0. The van der Waals surface area contributed by atoms with E-state index in [1.807, 2.05) is 18.2 Å². The highest BCUT2D eigenvalue weighted by Gasteiger charge is 1.94. The summed E-state index contributed by atoms with van der Waals surface area (Å²) in [7, 11) is 0. The molecule has 0 aliphatic rings. The van der Waals surface area contributed by atoms with Crippen molar-refractivity contribution < 1.29 is 0 Å². The molecule has 9 heavy (non-hydrogen) atoms. The van der Waals surface area contributed by atoms with E-state index in [1.165, 1.54) is 3.57 Å². The number of hydrogen-bond acceptors (Lipinski definition) is 0. The maximum Gasteiger partial charge on any atom is 0.0549 e. The van der Waals surface area contributed by atoms with Gasteiger partial charge in [0.15, 0.2) is 0 Å². The first-order valence-electron chi connectivity index (χ1n) is 2.30. The summed E-state index contributed by atoms with van der Waals surface area (Å²) >= 11 is 10.2. The Bertz CT molecular complexity index is 222. The molecule has 0 fully saturated rings. The molecule has 0 saturated heterocycles. The minimum absolute atomic E-state index is 0.836. The Kier molecular flexibility index (Phi) is 3.04. The standard InChI is InChI=1S/C6H3ClI2/c7-5-3-4(8)1-2-6(5)9/h1-3H. The SMILES string of the molecule is Clc1cc(I)ccc1I. The summed E-state index contributed by atoms with van der Waals surface area (Å²) in [5.41, 5.74) is 0. The largest absolute Gasteiger partial charge is 0.0831 e. The number of benzene rings is 1. The molecule has 0 spiro atoms. The summed E-state index contributed by atoms with van der Waals surface area (Å²) in [6.07, 6.45) is 0. The summed E-state index contributed by atoms with van der Waals surface area (Å²) in [6.45, 7) is 0. The quantitative estimate of drug-likeness (QED) is 0.488. The Morgan fingerprint density at radius 3 is 2.33 bits per heavy atom. The summed E-state index contributed by atoms with van der Waals surface area (Å²) in [6, 6.07) is 5.99. The molecule has 1 aromatic carbocycles. The van der Waals surface area contributed by atoms with Gasteiger partial charge in [-0.3, -0.25) is 0 Å². The zero-order valence-corrected chi connectivity index (χ0v) is 9.44. The maximum absolute atomic E-state index is 5.80. The van der Waals surface area contributed by atoms with Crippen molar-refractivity contribution in [2.45, 2.75) is 0 Å². The van der Waals surface area contributed by atoms with Gasteiger partial charge in [0.05, 0.1) is 5.02 Å². The summed E-state index contributed by atoms with van der Waals surface area (Å²) in [5.74, 6) is 0. The van der Waals surface area contributed by atoms with Crippen LogP contribution in [0.1, 0.15) is 0 Å². The van der Waals surface area contributed by atoms with Crippen LogP contribution in [0.15, 0.2) is 18.2 Å². The molecule has 0 amide bonds. The molecule has 3 heteroatoms. The van der Waals surface area contributed by atoms with E-state index in [0.29, 0.717) is 0 Å². The van der Waals surface area contributed by atoms with Gasteiger partial charge in [0, 0.05) is 7.14 Å². The Hall–Kier alpha value is 0.970. The average molecular weight is 364 g/mol. The highest BCUT2D eigenvalue weighted by Crippen LogP contribution is 2.19. The van der Waals surface area contributed by atoms with E-state index in [0.717, 1.165) is 8.59 Å². The molecule has 1 rings (SSSR count). The lowest BCUT2D eigenvalue weighted by Gasteiger charge is -1.93. The van der Waals surface area contributed by atoms with Crippen LogP contribution in [0.4, 0.5) is 0 Å². The third kappa shape index (κ3) is 2.23. The summed E-state index contributed by atoms with van der Waals surface area (Å²) in [5, 5.41) is 0.836. The molecule has 48 valence electrons. The van der Waals surface area contributed by atoms with Gasteiger partial charge < -0.3 is 0 Å². The van der Waals surface area contributed by atoms with Gasteiger partial charge in [0.1, 0.15) is 0 Å². The lowest BCUT2D eigenvalue weighted by Crippen LogP contribution is -1.74. The van der Waals surface area contributed by atoms with Gasteiger partial charge in [0.25, 0.3) is 0 Å². The van der Waals surface area contributed by atoms with E-state index >= 15 is 0 Å². The second kappa shape index (κ2) is 3.39. The van der Waals surface area contributed by atoms with Gasteiger partial charge >= 0.3 is 0 Å². The van der Waals surface area contributed by atoms with Crippen molar-refractivity contribution in [2.24, 2.45) is 0 Å². The van der Waals surface area contributed by atoms with Crippen molar-refractivity contribution in [3.63, 3.8) is 0 Å². The number of halogens is 3. The molecule has 0 aliphatic carbocycles. The van der Waals surface area contributed by atoms with Crippen molar-refractivity contribution in [3.8, 4) is 0 Å². The Morgan fingerprint density at radius 1 is 1.22 bits per heavy atom. The zero-order valence-electron chi connectivity index (χ0n) is 4.37. The molecule has 0 aliphatic heterocycles. The molecule has 0 nitrogen and oxygen atoms in total. The predicted octanol–water partition coefficient (Wildman–Crippen LogP) is 3.55. The zero-order chi connectivity index (χ0) is 6.85. The van der Waals surface area contributed by atoms with Gasteiger partial charge in [-0.1, -0.05) is 11.6 Å². The lowest BCUT2D eigenvalue weighted by molar-refractivity contribution is 1.60. The van der Waals surface area contributed by atoms with Crippen LogP contribution in [0.3, 0.4) is 0 Å². The van der Waals surface area contributed by atoms with E-state index in [1.54, 1.807) is 0 Å². The van der Waals surface area contributed by atoms with Crippen molar-refractivity contribution >= 4 is 56.8 Å². The first kappa shape index (κ1) is 8.07. The maximum atomic E-state index is 5.80. The predicted molar refractivity (Wildman–Crippen MR) is 56.9 cm³/mol. The monoisotopic (exact) mass is 364 g/mol. The summed E-state index contributed by atoms with van der Waals surface area (Å²) < 4.78 is 2.28. The fourth-order valence-electron chi connectivity index (χ4n) is 0.470. The number of hydrogen-bond donors (Lipinski definition) is 0. The molecule has 0 heterocycles. The molecular weight excluding hydrogens is 361 g/mol.